The lowest BCUT2D eigenvalue weighted by Gasteiger charge is -2.31. The number of rotatable bonds is 7. The third kappa shape index (κ3) is 7.77. The Balaban J connectivity index is 2.47. The lowest BCUT2D eigenvalue weighted by atomic mass is 10.0. The van der Waals surface area contributed by atoms with Crippen LogP contribution in [-0.4, -0.2) is 64.5 Å². The molecule has 1 fully saturated rings. The second-order valence-corrected chi connectivity index (χ2v) is 8.78. The maximum Gasteiger partial charge on any atom is 0.410 e. The highest BCUT2D eigenvalue weighted by Gasteiger charge is 2.33. The summed E-state index contributed by atoms with van der Waals surface area (Å²) < 4.78 is 5.50. The first-order valence-electron chi connectivity index (χ1n) is 8.48. The molecule has 1 rings (SSSR count). The molecule has 1 aliphatic heterocycles. The largest absolute Gasteiger partial charge is 0.444 e. The first kappa shape index (κ1) is 20.6. The van der Waals surface area contributed by atoms with E-state index in [0.29, 0.717) is 12.3 Å². The molecule has 5 nitrogen and oxygen atoms in total. The molecule has 1 aliphatic rings. The van der Waals surface area contributed by atoms with Gasteiger partial charge in [-0.15, -0.1) is 0 Å². The molecule has 6 heteroatoms. The predicted octanol–water partition coefficient (Wildman–Crippen LogP) is 2.87. The van der Waals surface area contributed by atoms with E-state index < -0.39 is 11.2 Å². The summed E-state index contributed by atoms with van der Waals surface area (Å²) >= 11 is 1.64. The molecule has 2 N–H and O–H groups in total. The van der Waals surface area contributed by atoms with Crippen LogP contribution in [-0.2, 0) is 4.74 Å². The number of hydrogen-bond donors (Lipinski definition) is 2. The van der Waals surface area contributed by atoms with E-state index >= 15 is 0 Å². The van der Waals surface area contributed by atoms with Crippen LogP contribution < -0.4 is 5.32 Å². The Morgan fingerprint density at radius 1 is 1.43 bits per heavy atom. The second-order valence-electron chi connectivity index (χ2n) is 7.92. The standard InChI is InChI=1S/C17H34N2O3S/c1-13(18-11-17(5,21)12-23-6)10-14-8-7-9-19(14)15(20)22-16(2,3)4/h13-14,18,21H,7-12H2,1-6H3. The normalized spacial score (nSPS) is 22.7. The van der Waals surface area contributed by atoms with Gasteiger partial charge >= 0.3 is 6.09 Å². The van der Waals surface area contributed by atoms with Crippen molar-refractivity contribution >= 4 is 17.9 Å². The first-order chi connectivity index (χ1) is 10.5. The van der Waals surface area contributed by atoms with Gasteiger partial charge in [0.2, 0.25) is 0 Å². The van der Waals surface area contributed by atoms with Crippen molar-refractivity contribution in [2.45, 2.75) is 77.2 Å². The lowest BCUT2D eigenvalue weighted by molar-refractivity contribution is 0.0210. The van der Waals surface area contributed by atoms with Crippen molar-refractivity contribution in [1.29, 1.82) is 0 Å². The van der Waals surface area contributed by atoms with Crippen molar-refractivity contribution in [3.05, 3.63) is 0 Å². The third-order valence-corrected chi connectivity index (χ3v) is 4.83. The van der Waals surface area contributed by atoms with Crippen LogP contribution in [0.3, 0.4) is 0 Å². The number of nitrogens with zero attached hydrogens (tertiary/aromatic N) is 1. The second kappa shape index (κ2) is 8.58. The van der Waals surface area contributed by atoms with Gasteiger partial charge in [-0.1, -0.05) is 0 Å². The van der Waals surface area contributed by atoms with Gasteiger partial charge in [0.15, 0.2) is 0 Å². The van der Waals surface area contributed by atoms with Crippen molar-refractivity contribution in [2.24, 2.45) is 0 Å². The van der Waals surface area contributed by atoms with Crippen LogP contribution in [0.25, 0.3) is 0 Å². The SMILES string of the molecule is CSCC(C)(O)CNC(C)CC1CCCN1C(=O)OC(C)(C)C. The maximum absolute atomic E-state index is 12.3. The fraction of sp³-hybridized carbons (Fsp3) is 0.941. The van der Waals surface area contributed by atoms with E-state index in [9.17, 15) is 9.90 Å². The van der Waals surface area contributed by atoms with E-state index in [-0.39, 0.29) is 18.2 Å². The zero-order chi connectivity index (χ0) is 17.7. The molecule has 0 aromatic heterocycles. The van der Waals surface area contributed by atoms with Gasteiger partial charge in [0.05, 0.1) is 5.60 Å². The third-order valence-electron chi connectivity index (χ3n) is 3.92. The minimum absolute atomic E-state index is 0.207. The molecular weight excluding hydrogens is 312 g/mol. The summed E-state index contributed by atoms with van der Waals surface area (Å²) in [5, 5.41) is 13.6. The van der Waals surface area contributed by atoms with E-state index in [2.05, 4.69) is 12.2 Å². The number of likely N-dealkylation sites (tertiary alicyclic amines) is 1. The number of aliphatic hydroxyl groups is 1. The molecule has 0 aromatic carbocycles. The Morgan fingerprint density at radius 3 is 2.65 bits per heavy atom. The van der Waals surface area contributed by atoms with Crippen molar-refractivity contribution in [3.63, 3.8) is 0 Å². The fourth-order valence-corrected chi connectivity index (χ4v) is 3.61. The van der Waals surface area contributed by atoms with Gasteiger partial charge in [0.25, 0.3) is 0 Å². The number of carbonyl (C=O) groups excluding carboxylic acids is 1. The van der Waals surface area contributed by atoms with E-state index in [1.807, 2.05) is 38.9 Å². The topological polar surface area (TPSA) is 61.8 Å². The molecule has 0 spiro atoms. The monoisotopic (exact) mass is 346 g/mol. The van der Waals surface area contributed by atoms with Crippen LogP contribution in [0.15, 0.2) is 0 Å². The molecule has 0 bridgehead atoms. The average molecular weight is 347 g/mol. The molecule has 1 saturated heterocycles. The van der Waals surface area contributed by atoms with Crippen LogP contribution >= 0.6 is 11.8 Å². The van der Waals surface area contributed by atoms with Gasteiger partial charge in [-0.3, -0.25) is 0 Å². The summed E-state index contributed by atoms with van der Waals surface area (Å²) in [6.45, 7) is 11.0. The summed E-state index contributed by atoms with van der Waals surface area (Å²) in [4.78, 5) is 14.2. The maximum atomic E-state index is 12.3. The van der Waals surface area contributed by atoms with Gasteiger partial charge in [-0.2, -0.15) is 11.8 Å². The highest BCUT2D eigenvalue weighted by Crippen LogP contribution is 2.24. The minimum Gasteiger partial charge on any atom is -0.444 e. The zero-order valence-electron chi connectivity index (χ0n) is 15.5. The first-order valence-corrected chi connectivity index (χ1v) is 9.88. The van der Waals surface area contributed by atoms with Crippen LogP contribution in [0.2, 0.25) is 0 Å². The summed E-state index contributed by atoms with van der Waals surface area (Å²) in [5.74, 6) is 0.709. The Kier molecular flexibility index (Phi) is 7.68. The van der Waals surface area contributed by atoms with Crippen LogP contribution in [0.5, 0.6) is 0 Å². The van der Waals surface area contributed by atoms with E-state index in [4.69, 9.17) is 4.74 Å². The Labute approximate surface area is 145 Å². The lowest BCUT2D eigenvalue weighted by Crippen LogP contribution is -2.46. The molecule has 23 heavy (non-hydrogen) atoms. The van der Waals surface area contributed by atoms with Crippen LogP contribution in [0, 0.1) is 0 Å². The predicted molar refractivity (Wildman–Crippen MR) is 97.0 cm³/mol. The summed E-state index contributed by atoms with van der Waals surface area (Å²) in [6.07, 6.45) is 4.72. The van der Waals surface area contributed by atoms with Gasteiger partial charge in [-0.05, 0) is 60.1 Å². The molecule has 3 atom stereocenters. The minimum atomic E-state index is -0.700. The van der Waals surface area contributed by atoms with Gasteiger partial charge < -0.3 is 20.1 Å². The molecule has 0 radical (unpaired) electrons. The molecule has 1 amide bonds. The smallest absolute Gasteiger partial charge is 0.410 e. The number of carbonyl (C=O) groups is 1. The molecular formula is C17H34N2O3S. The van der Waals surface area contributed by atoms with Gasteiger partial charge in [-0.25, -0.2) is 4.79 Å². The summed E-state index contributed by atoms with van der Waals surface area (Å²) in [7, 11) is 0. The van der Waals surface area contributed by atoms with Crippen molar-refractivity contribution in [1.82, 2.24) is 10.2 Å². The number of hydrogen-bond acceptors (Lipinski definition) is 5. The summed E-state index contributed by atoms with van der Waals surface area (Å²) in [6, 6.07) is 0.467. The van der Waals surface area contributed by atoms with Crippen LogP contribution in [0.1, 0.15) is 53.9 Å². The average Bonchev–Trinajstić information content (AvgIpc) is 2.82. The fourth-order valence-electron chi connectivity index (χ4n) is 2.89. The van der Waals surface area contributed by atoms with E-state index in [1.165, 1.54) is 0 Å². The number of nitrogens with one attached hydrogen (secondary N) is 1. The molecule has 136 valence electrons. The number of ether oxygens (including phenoxy) is 1. The molecule has 0 aliphatic carbocycles. The van der Waals surface area contributed by atoms with Crippen molar-refractivity contribution in [3.8, 4) is 0 Å². The quantitative estimate of drug-likeness (QED) is 0.742. The number of thioether (sulfide) groups is 1. The number of amides is 1. The molecule has 3 unspecified atom stereocenters. The van der Waals surface area contributed by atoms with Crippen molar-refractivity contribution in [2.75, 3.05) is 25.1 Å². The Morgan fingerprint density at radius 2 is 2.09 bits per heavy atom. The molecule has 0 aromatic rings. The van der Waals surface area contributed by atoms with E-state index in [1.54, 1.807) is 11.8 Å². The van der Waals surface area contributed by atoms with Crippen LogP contribution in [0.4, 0.5) is 4.79 Å². The van der Waals surface area contributed by atoms with Crippen molar-refractivity contribution < 1.29 is 14.6 Å². The van der Waals surface area contributed by atoms with Gasteiger partial charge in [0, 0.05) is 30.9 Å². The Hall–Kier alpha value is -0.460. The highest BCUT2D eigenvalue weighted by atomic mass is 32.2. The summed E-state index contributed by atoms with van der Waals surface area (Å²) in [5.41, 5.74) is -1.15. The highest BCUT2D eigenvalue weighted by molar-refractivity contribution is 7.98. The van der Waals surface area contributed by atoms with Gasteiger partial charge in [0.1, 0.15) is 5.60 Å². The molecule has 0 saturated carbocycles. The molecule has 1 heterocycles. The Bertz CT molecular complexity index is 383. The van der Waals surface area contributed by atoms with E-state index in [0.717, 1.165) is 25.8 Å². The zero-order valence-corrected chi connectivity index (χ0v) is 16.3.